The number of aromatic nitrogens is 4. The molecule has 0 spiro atoms. The highest BCUT2D eigenvalue weighted by Gasteiger charge is 2.44. The van der Waals surface area contributed by atoms with Gasteiger partial charge in [-0.1, -0.05) is 79.7 Å². The summed E-state index contributed by atoms with van der Waals surface area (Å²) in [7, 11) is 1.61. The van der Waals surface area contributed by atoms with Crippen LogP contribution >= 0.6 is 0 Å². The smallest absolute Gasteiger partial charge is 0.280 e. The fraction of sp³-hybridized carbons (Fsp3) is 0.226. The van der Waals surface area contributed by atoms with Crippen molar-refractivity contribution >= 4 is 23.4 Å². The maximum atomic E-state index is 15.2. The molecule has 3 heterocycles. The highest BCUT2D eigenvalue weighted by Crippen LogP contribution is 2.40. The first kappa shape index (κ1) is 26.4. The van der Waals surface area contributed by atoms with Gasteiger partial charge in [0.1, 0.15) is 23.7 Å². The molecule has 0 aliphatic carbocycles. The van der Waals surface area contributed by atoms with Crippen LogP contribution < -0.4 is 15.6 Å². The zero-order valence-corrected chi connectivity index (χ0v) is 22.4. The number of halogens is 1. The van der Waals surface area contributed by atoms with Gasteiger partial charge in [-0.05, 0) is 28.8 Å². The van der Waals surface area contributed by atoms with Gasteiger partial charge in [0.15, 0.2) is 23.6 Å². The minimum atomic E-state index is -1.49. The van der Waals surface area contributed by atoms with E-state index in [9.17, 15) is 9.59 Å². The number of carbonyl (C=O) groups is 1. The van der Waals surface area contributed by atoms with Crippen molar-refractivity contribution in [2.24, 2.45) is 5.92 Å². The van der Waals surface area contributed by atoms with E-state index >= 15 is 4.39 Å². The van der Waals surface area contributed by atoms with Gasteiger partial charge in [0.25, 0.3) is 5.56 Å². The van der Waals surface area contributed by atoms with E-state index in [4.69, 9.17) is 14.5 Å². The average Bonchev–Trinajstić information content (AvgIpc) is 3.57. The number of methoxy groups -OCH3 is 1. The van der Waals surface area contributed by atoms with Crippen LogP contribution in [0.1, 0.15) is 29.8 Å². The van der Waals surface area contributed by atoms with Gasteiger partial charge in [-0.25, -0.2) is 9.37 Å². The first-order valence-corrected chi connectivity index (χ1v) is 13.2. The third kappa shape index (κ3) is 4.46. The van der Waals surface area contributed by atoms with Crippen molar-refractivity contribution in [1.82, 2.24) is 19.5 Å². The lowest BCUT2D eigenvalue weighted by atomic mass is 9.77. The van der Waals surface area contributed by atoms with Crippen LogP contribution in [0.2, 0.25) is 0 Å². The van der Waals surface area contributed by atoms with Gasteiger partial charge in [-0.2, -0.15) is 4.98 Å². The van der Waals surface area contributed by atoms with E-state index in [-0.39, 0.29) is 17.1 Å². The summed E-state index contributed by atoms with van der Waals surface area (Å²) in [6.07, 6.45) is -1.65. The molecule has 4 atom stereocenters. The molecule has 1 saturated heterocycles. The zero-order valence-electron chi connectivity index (χ0n) is 22.4. The van der Waals surface area contributed by atoms with E-state index in [1.807, 2.05) is 84.9 Å². The Kier molecular flexibility index (Phi) is 6.84. The number of nitrogens with zero attached hydrogens (tertiary/aromatic N) is 3. The van der Waals surface area contributed by atoms with Gasteiger partial charge in [0, 0.05) is 5.92 Å². The maximum absolute atomic E-state index is 15.2. The van der Waals surface area contributed by atoms with Crippen LogP contribution in [-0.2, 0) is 15.1 Å². The van der Waals surface area contributed by atoms with Crippen LogP contribution in [-0.4, -0.2) is 45.2 Å². The second kappa shape index (κ2) is 10.6. The Morgan fingerprint density at radius 3 is 2.17 bits per heavy atom. The molecule has 6 rings (SSSR count). The lowest BCUT2D eigenvalue weighted by Crippen LogP contribution is -2.39. The number of aromatic amines is 1. The second-order valence-corrected chi connectivity index (χ2v) is 10.0. The number of aldehydes is 1. The standard InChI is InChI=1S/C31H28FN5O4/c1-19-24(17-38)41-29(25(19)32)37-18-33-26-27(37)34-30(35-28(26)39)36-31(20-9-5-3-6-10-20,21-11-7-4-8-12-21)22-13-15-23(40-2)16-14-22/h3-19,24-25,29H,1-2H3,(H2,34,35,36,39)/t19-,24-,25+,29-/m1/s1. The Hall–Kier alpha value is -4.83. The molecule has 208 valence electrons. The molecule has 1 aliphatic rings. The average molecular weight is 554 g/mol. The van der Waals surface area contributed by atoms with Crippen molar-refractivity contribution in [2.75, 3.05) is 12.4 Å². The zero-order chi connectivity index (χ0) is 28.6. The third-order valence-corrected chi connectivity index (χ3v) is 7.67. The van der Waals surface area contributed by atoms with E-state index in [0.717, 1.165) is 16.7 Å². The molecule has 2 aromatic heterocycles. The van der Waals surface area contributed by atoms with Crippen molar-refractivity contribution < 1.29 is 18.7 Å². The molecule has 41 heavy (non-hydrogen) atoms. The summed E-state index contributed by atoms with van der Waals surface area (Å²) in [6, 6.07) is 27.2. The van der Waals surface area contributed by atoms with Crippen LogP contribution in [0.25, 0.3) is 11.2 Å². The number of carbonyl (C=O) groups excluding carboxylic acids is 1. The molecule has 9 nitrogen and oxygen atoms in total. The molecular formula is C31H28FN5O4. The lowest BCUT2D eigenvalue weighted by molar-refractivity contribution is -0.120. The molecule has 1 aliphatic heterocycles. The van der Waals surface area contributed by atoms with Crippen molar-refractivity contribution in [2.45, 2.75) is 31.0 Å². The molecule has 0 amide bonds. The quantitative estimate of drug-likeness (QED) is 0.213. The van der Waals surface area contributed by atoms with Gasteiger partial charge >= 0.3 is 0 Å². The van der Waals surface area contributed by atoms with Crippen LogP contribution in [0, 0.1) is 5.92 Å². The van der Waals surface area contributed by atoms with Crippen molar-refractivity contribution in [3.8, 4) is 5.75 Å². The Morgan fingerprint density at radius 1 is 1.00 bits per heavy atom. The predicted octanol–water partition coefficient (Wildman–Crippen LogP) is 4.60. The molecule has 5 aromatic rings. The molecule has 0 bridgehead atoms. The molecular weight excluding hydrogens is 525 g/mol. The largest absolute Gasteiger partial charge is 0.497 e. The molecule has 1 fully saturated rings. The van der Waals surface area contributed by atoms with Crippen LogP contribution in [0.4, 0.5) is 10.3 Å². The number of anilines is 1. The summed E-state index contributed by atoms with van der Waals surface area (Å²) in [6.45, 7) is 1.61. The van der Waals surface area contributed by atoms with Crippen molar-refractivity contribution in [3.63, 3.8) is 0 Å². The molecule has 0 unspecified atom stereocenters. The maximum Gasteiger partial charge on any atom is 0.280 e. The SMILES string of the molecule is COc1ccc(C(Nc2nc3c(ncn3[C@@H]3O[C@H](C=O)[C@@H](C)[C@@H]3F)c(=O)[nH]2)(c2ccccc2)c2ccccc2)cc1. The fourth-order valence-corrected chi connectivity index (χ4v) is 5.46. The van der Waals surface area contributed by atoms with Crippen molar-refractivity contribution in [1.29, 1.82) is 0 Å². The summed E-state index contributed by atoms with van der Waals surface area (Å²) >= 11 is 0. The molecule has 0 radical (unpaired) electrons. The summed E-state index contributed by atoms with van der Waals surface area (Å²) < 4.78 is 27.7. The second-order valence-electron chi connectivity index (χ2n) is 10.0. The number of H-pyrrole nitrogens is 1. The Bertz CT molecular complexity index is 1680. The number of fused-ring (bicyclic) bond motifs is 1. The molecule has 10 heteroatoms. The van der Waals surface area contributed by atoms with E-state index in [1.54, 1.807) is 14.0 Å². The summed E-state index contributed by atoms with van der Waals surface area (Å²) in [4.78, 5) is 36.4. The minimum Gasteiger partial charge on any atom is -0.497 e. The highest BCUT2D eigenvalue weighted by molar-refractivity contribution is 5.72. The molecule has 3 aromatic carbocycles. The molecule has 2 N–H and O–H groups in total. The minimum absolute atomic E-state index is 0.0306. The van der Waals surface area contributed by atoms with Gasteiger partial charge < -0.3 is 19.6 Å². The van der Waals surface area contributed by atoms with Crippen LogP contribution in [0.5, 0.6) is 5.75 Å². The Morgan fingerprint density at radius 2 is 1.61 bits per heavy atom. The summed E-state index contributed by atoms with van der Waals surface area (Å²) in [5, 5.41) is 3.52. The highest BCUT2D eigenvalue weighted by atomic mass is 19.1. The van der Waals surface area contributed by atoms with Gasteiger partial charge in [-0.15, -0.1) is 0 Å². The van der Waals surface area contributed by atoms with Gasteiger partial charge in [-0.3, -0.25) is 14.3 Å². The summed E-state index contributed by atoms with van der Waals surface area (Å²) in [5.41, 5.74) is 1.28. The lowest BCUT2D eigenvalue weighted by Gasteiger charge is -2.37. The van der Waals surface area contributed by atoms with Crippen LogP contribution in [0.3, 0.4) is 0 Å². The first-order chi connectivity index (χ1) is 20.0. The number of hydrogen-bond acceptors (Lipinski definition) is 7. The number of benzene rings is 3. The number of rotatable bonds is 8. The third-order valence-electron chi connectivity index (χ3n) is 7.67. The summed E-state index contributed by atoms with van der Waals surface area (Å²) in [5.74, 6) is 0.176. The topological polar surface area (TPSA) is 111 Å². The van der Waals surface area contributed by atoms with Crippen molar-refractivity contribution in [3.05, 3.63) is 118 Å². The monoisotopic (exact) mass is 553 g/mol. The number of alkyl halides is 1. The Balaban J connectivity index is 1.54. The van der Waals surface area contributed by atoms with E-state index < -0.39 is 35.5 Å². The van der Waals surface area contributed by atoms with E-state index in [2.05, 4.69) is 15.3 Å². The first-order valence-electron chi connectivity index (χ1n) is 13.2. The van der Waals surface area contributed by atoms with E-state index in [1.165, 1.54) is 10.9 Å². The van der Waals surface area contributed by atoms with Gasteiger partial charge in [0.05, 0.1) is 13.4 Å². The fourth-order valence-electron chi connectivity index (χ4n) is 5.46. The number of imidazole rings is 1. The molecule has 0 saturated carbocycles. The van der Waals surface area contributed by atoms with E-state index in [0.29, 0.717) is 12.0 Å². The normalized spacial score (nSPS) is 20.7. The van der Waals surface area contributed by atoms with Crippen LogP contribution in [0.15, 0.2) is 96.1 Å². The predicted molar refractivity (Wildman–Crippen MR) is 152 cm³/mol. The Labute approximate surface area is 235 Å². The number of ether oxygens (including phenoxy) is 2. The van der Waals surface area contributed by atoms with Gasteiger partial charge in [0.2, 0.25) is 5.95 Å². The number of hydrogen-bond donors (Lipinski definition) is 2. The number of nitrogens with one attached hydrogen (secondary N) is 2.